The molecule has 1 aromatic carbocycles. The maximum absolute atomic E-state index is 11.8. The van der Waals surface area contributed by atoms with Gasteiger partial charge in [-0.2, -0.15) is 0 Å². The van der Waals surface area contributed by atoms with Gasteiger partial charge in [-0.25, -0.2) is 9.97 Å². The van der Waals surface area contributed by atoms with Crippen LogP contribution in [-0.4, -0.2) is 19.9 Å². The zero-order valence-corrected chi connectivity index (χ0v) is 17.2. The third-order valence-corrected chi connectivity index (χ3v) is 4.72. The van der Waals surface area contributed by atoms with Crippen molar-refractivity contribution >= 4 is 5.82 Å². The number of rotatable bonds is 8. The quantitative estimate of drug-likeness (QED) is 0.454. The number of hydrogen-bond donors (Lipinski definition) is 2. The van der Waals surface area contributed by atoms with E-state index in [0.29, 0.717) is 25.4 Å². The Kier molecular flexibility index (Phi) is 6.32. The zero-order valence-electron chi connectivity index (χ0n) is 17.2. The highest BCUT2D eigenvalue weighted by Crippen LogP contribution is 2.17. The number of aromatic amines is 1. The van der Waals surface area contributed by atoms with Gasteiger partial charge in [0.25, 0.3) is 5.56 Å². The van der Waals surface area contributed by atoms with Gasteiger partial charge in [-0.15, -0.1) is 0 Å². The van der Waals surface area contributed by atoms with Crippen molar-refractivity contribution < 1.29 is 4.74 Å². The first-order chi connectivity index (χ1) is 15.2. The number of benzene rings is 1. The van der Waals surface area contributed by atoms with E-state index >= 15 is 0 Å². The van der Waals surface area contributed by atoms with Gasteiger partial charge in [0.1, 0.15) is 24.0 Å². The third-order valence-electron chi connectivity index (χ3n) is 4.72. The third kappa shape index (κ3) is 5.54. The van der Waals surface area contributed by atoms with Crippen LogP contribution in [0.1, 0.15) is 23.7 Å². The first-order valence-corrected chi connectivity index (χ1v) is 10.1. The van der Waals surface area contributed by atoms with Crippen LogP contribution in [0.5, 0.6) is 5.75 Å². The van der Waals surface area contributed by atoms with Gasteiger partial charge in [-0.3, -0.25) is 9.78 Å². The Morgan fingerprint density at radius 3 is 2.61 bits per heavy atom. The monoisotopic (exact) mass is 413 g/mol. The molecule has 0 unspecified atom stereocenters. The molecule has 156 valence electrons. The number of H-pyrrole nitrogens is 1. The lowest BCUT2D eigenvalue weighted by Crippen LogP contribution is -2.10. The van der Waals surface area contributed by atoms with Crippen LogP contribution in [-0.2, 0) is 19.6 Å². The lowest BCUT2D eigenvalue weighted by Gasteiger charge is -2.09. The lowest BCUT2D eigenvalue weighted by molar-refractivity contribution is 0.305. The average Bonchev–Trinajstić information content (AvgIpc) is 2.82. The second-order valence-electron chi connectivity index (χ2n) is 7.02. The standard InChI is InChI=1S/C24H23N5O2/c1-2-20-12-23(30)29-24(28-20)19-7-10-22(27-15-19)26-14-17-5-8-21(9-6-17)31-16-18-4-3-11-25-13-18/h3-13,15H,2,14,16H2,1H3,(H,26,27)(H,28,29,30). The first kappa shape index (κ1) is 20.3. The molecule has 31 heavy (non-hydrogen) atoms. The highest BCUT2D eigenvalue weighted by Gasteiger charge is 2.05. The molecule has 0 fully saturated rings. The number of aromatic nitrogens is 4. The summed E-state index contributed by atoms with van der Waals surface area (Å²) in [6.07, 6.45) is 5.95. The van der Waals surface area contributed by atoms with Gasteiger partial charge in [-0.05, 0) is 42.3 Å². The van der Waals surface area contributed by atoms with Gasteiger partial charge >= 0.3 is 0 Å². The topological polar surface area (TPSA) is 92.8 Å². The van der Waals surface area contributed by atoms with Gasteiger partial charge in [0.15, 0.2) is 0 Å². The van der Waals surface area contributed by atoms with Gasteiger partial charge in [0.05, 0.1) is 0 Å². The van der Waals surface area contributed by atoms with E-state index in [1.807, 2.05) is 55.5 Å². The Hall–Kier alpha value is -4.00. The predicted molar refractivity (Wildman–Crippen MR) is 120 cm³/mol. The van der Waals surface area contributed by atoms with Gasteiger partial charge in [-0.1, -0.05) is 25.1 Å². The van der Waals surface area contributed by atoms with Crippen molar-refractivity contribution in [2.45, 2.75) is 26.5 Å². The SMILES string of the molecule is CCc1cc(=O)[nH]c(-c2ccc(NCc3ccc(OCc4cccnc4)cc3)nc2)n1. The molecule has 0 saturated heterocycles. The van der Waals surface area contributed by atoms with E-state index in [0.717, 1.165) is 34.0 Å². The highest BCUT2D eigenvalue weighted by molar-refractivity contribution is 5.56. The van der Waals surface area contributed by atoms with Crippen LogP contribution in [0.25, 0.3) is 11.4 Å². The van der Waals surface area contributed by atoms with E-state index in [2.05, 4.69) is 25.3 Å². The molecule has 2 N–H and O–H groups in total. The molecular weight excluding hydrogens is 390 g/mol. The Morgan fingerprint density at radius 1 is 1.03 bits per heavy atom. The van der Waals surface area contributed by atoms with Crippen LogP contribution in [0, 0.1) is 0 Å². The summed E-state index contributed by atoms with van der Waals surface area (Å²) in [5.41, 5.74) is 3.52. The molecule has 4 aromatic rings. The van der Waals surface area contributed by atoms with Gasteiger partial charge < -0.3 is 15.0 Å². The van der Waals surface area contributed by atoms with Crippen molar-refractivity contribution in [2.75, 3.05) is 5.32 Å². The maximum Gasteiger partial charge on any atom is 0.251 e. The minimum atomic E-state index is -0.156. The number of aryl methyl sites for hydroxylation is 1. The fourth-order valence-electron chi connectivity index (χ4n) is 3.01. The van der Waals surface area contributed by atoms with Crippen LogP contribution in [0.15, 0.2) is 78.0 Å². The lowest BCUT2D eigenvalue weighted by atomic mass is 10.2. The number of nitrogens with one attached hydrogen (secondary N) is 2. The molecule has 0 atom stereocenters. The summed E-state index contributed by atoms with van der Waals surface area (Å²) in [6, 6.07) is 17.1. The summed E-state index contributed by atoms with van der Waals surface area (Å²) in [7, 11) is 0. The minimum absolute atomic E-state index is 0.156. The van der Waals surface area contributed by atoms with E-state index < -0.39 is 0 Å². The summed E-state index contributed by atoms with van der Waals surface area (Å²) >= 11 is 0. The Morgan fingerprint density at radius 2 is 1.90 bits per heavy atom. The first-order valence-electron chi connectivity index (χ1n) is 10.1. The summed E-state index contributed by atoms with van der Waals surface area (Å²) in [5, 5.41) is 3.30. The molecule has 0 radical (unpaired) electrons. The smallest absolute Gasteiger partial charge is 0.251 e. The molecule has 3 aromatic heterocycles. The molecule has 0 aliphatic carbocycles. The van der Waals surface area contributed by atoms with Crippen LogP contribution in [0.2, 0.25) is 0 Å². The summed E-state index contributed by atoms with van der Waals surface area (Å²) in [6.45, 7) is 3.09. The summed E-state index contributed by atoms with van der Waals surface area (Å²) in [4.78, 5) is 27.5. The van der Waals surface area contributed by atoms with Crippen molar-refractivity contribution in [3.63, 3.8) is 0 Å². The molecule has 0 spiro atoms. The van der Waals surface area contributed by atoms with Crippen LogP contribution in [0.4, 0.5) is 5.82 Å². The molecule has 0 saturated carbocycles. The Labute approximate surface area is 180 Å². The van der Waals surface area contributed by atoms with E-state index in [4.69, 9.17) is 4.74 Å². The van der Waals surface area contributed by atoms with Crippen molar-refractivity contribution in [3.8, 4) is 17.1 Å². The highest BCUT2D eigenvalue weighted by atomic mass is 16.5. The fourth-order valence-corrected chi connectivity index (χ4v) is 3.01. The second kappa shape index (κ2) is 9.67. The van der Waals surface area contributed by atoms with Crippen molar-refractivity contribution in [2.24, 2.45) is 0 Å². The fraction of sp³-hybridized carbons (Fsp3) is 0.167. The number of pyridine rings is 2. The van der Waals surface area contributed by atoms with E-state index in [1.165, 1.54) is 6.07 Å². The minimum Gasteiger partial charge on any atom is -0.489 e. The summed E-state index contributed by atoms with van der Waals surface area (Å²) < 4.78 is 5.79. The maximum atomic E-state index is 11.8. The van der Waals surface area contributed by atoms with E-state index in [9.17, 15) is 4.79 Å². The molecule has 0 aliphatic rings. The van der Waals surface area contributed by atoms with Crippen LogP contribution in [0.3, 0.4) is 0 Å². The van der Waals surface area contributed by atoms with Crippen LogP contribution < -0.4 is 15.6 Å². The second-order valence-corrected chi connectivity index (χ2v) is 7.02. The number of ether oxygens (including phenoxy) is 1. The molecule has 7 nitrogen and oxygen atoms in total. The number of hydrogen-bond acceptors (Lipinski definition) is 6. The molecule has 0 amide bonds. The molecule has 0 bridgehead atoms. The van der Waals surface area contributed by atoms with Gasteiger partial charge in [0, 0.05) is 48.0 Å². The number of nitrogens with zero attached hydrogens (tertiary/aromatic N) is 3. The number of anilines is 1. The zero-order chi connectivity index (χ0) is 21.5. The molecular formula is C24H23N5O2. The van der Waals surface area contributed by atoms with Crippen molar-refractivity contribution in [1.29, 1.82) is 0 Å². The van der Waals surface area contributed by atoms with Crippen LogP contribution >= 0.6 is 0 Å². The predicted octanol–water partition coefficient (Wildman–Crippen LogP) is 3.98. The normalized spacial score (nSPS) is 10.6. The van der Waals surface area contributed by atoms with Crippen molar-refractivity contribution in [3.05, 3.63) is 100 Å². The molecule has 0 aliphatic heterocycles. The molecule has 3 heterocycles. The molecule has 7 heteroatoms. The van der Waals surface area contributed by atoms with E-state index in [1.54, 1.807) is 18.6 Å². The van der Waals surface area contributed by atoms with E-state index in [-0.39, 0.29) is 5.56 Å². The molecule has 4 rings (SSSR count). The summed E-state index contributed by atoms with van der Waals surface area (Å²) in [5.74, 6) is 2.09. The largest absolute Gasteiger partial charge is 0.489 e. The van der Waals surface area contributed by atoms with Gasteiger partial charge in [0.2, 0.25) is 0 Å². The Balaban J connectivity index is 1.33. The Bertz CT molecular complexity index is 1170. The average molecular weight is 413 g/mol. The van der Waals surface area contributed by atoms with Crippen molar-refractivity contribution in [1.82, 2.24) is 19.9 Å².